The molecule has 2 amide bonds. The molecular weight excluding hydrogens is 294 g/mol. The first kappa shape index (κ1) is 17.4. The van der Waals surface area contributed by atoms with E-state index in [9.17, 15) is 9.59 Å². The summed E-state index contributed by atoms with van der Waals surface area (Å²) in [6, 6.07) is 10.3. The second-order valence-electron chi connectivity index (χ2n) is 5.66. The van der Waals surface area contributed by atoms with Crippen LogP contribution in [0.25, 0.3) is 0 Å². The van der Waals surface area contributed by atoms with Gasteiger partial charge in [-0.2, -0.15) is 0 Å². The minimum absolute atomic E-state index is 0.429. The summed E-state index contributed by atoms with van der Waals surface area (Å²) in [5, 5.41) is 2.64. The molecule has 0 aromatic heterocycles. The van der Waals surface area contributed by atoms with Crippen LogP contribution in [0, 0.1) is 0 Å². The van der Waals surface area contributed by atoms with E-state index >= 15 is 0 Å². The van der Waals surface area contributed by atoms with Gasteiger partial charge in [-0.1, -0.05) is 30.3 Å². The predicted molar refractivity (Wildman–Crippen MR) is 87.8 cm³/mol. The zero-order valence-electron chi connectivity index (χ0n) is 13.7. The van der Waals surface area contributed by atoms with Gasteiger partial charge in [-0.25, -0.2) is 0 Å². The maximum atomic E-state index is 12.1. The van der Waals surface area contributed by atoms with Crippen molar-refractivity contribution in [2.45, 2.75) is 13.0 Å². The Balaban J connectivity index is 1.71. The Labute approximate surface area is 137 Å². The van der Waals surface area contributed by atoms with Crippen molar-refractivity contribution in [3.63, 3.8) is 0 Å². The van der Waals surface area contributed by atoms with Crippen LogP contribution in [0.2, 0.25) is 0 Å². The number of amides is 2. The normalized spacial score (nSPS) is 15.4. The number of carbonyl (C=O) groups is 2. The van der Waals surface area contributed by atoms with Gasteiger partial charge in [0.2, 0.25) is 0 Å². The highest BCUT2D eigenvalue weighted by atomic mass is 16.5. The smallest absolute Gasteiger partial charge is 0.311 e. The molecule has 126 valence electrons. The molecule has 1 aliphatic rings. The summed E-state index contributed by atoms with van der Waals surface area (Å²) in [4.78, 5) is 27.8. The fraction of sp³-hybridized carbons (Fsp3) is 0.529. The van der Waals surface area contributed by atoms with Crippen molar-refractivity contribution < 1.29 is 14.3 Å². The number of hydrogen-bond donors (Lipinski definition) is 1. The van der Waals surface area contributed by atoms with E-state index in [0.717, 1.165) is 19.6 Å². The van der Waals surface area contributed by atoms with Crippen molar-refractivity contribution in [3.05, 3.63) is 35.9 Å². The summed E-state index contributed by atoms with van der Waals surface area (Å²) < 4.78 is 4.91. The van der Waals surface area contributed by atoms with Crippen molar-refractivity contribution in [1.29, 1.82) is 0 Å². The van der Waals surface area contributed by atoms with E-state index in [4.69, 9.17) is 4.74 Å². The summed E-state index contributed by atoms with van der Waals surface area (Å²) in [7, 11) is 1.61. The van der Waals surface area contributed by atoms with Crippen molar-refractivity contribution in [2.24, 2.45) is 0 Å². The molecule has 6 nitrogen and oxygen atoms in total. The highest BCUT2D eigenvalue weighted by Crippen LogP contribution is 2.08. The molecule has 0 saturated carbocycles. The van der Waals surface area contributed by atoms with E-state index in [1.54, 1.807) is 12.0 Å². The number of piperazine rings is 1. The lowest BCUT2D eigenvalue weighted by molar-refractivity contribution is -0.147. The lowest BCUT2D eigenvalue weighted by Crippen LogP contribution is -2.52. The Morgan fingerprint density at radius 2 is 1.83 bits per heavy atom. The maximum absolute atomic E-state index is 12.1. The number of ether oxygens (including phenoxy) is 1. The minimum Gasteiger partial charge on any atom is -0.385 e. The zero-order valence-corrected chi connectivity index (χ0v) is 13.7. The van der Waals surface area contributed by atoms with Crippen LogP contribution in [0.5, 0.6) is 0 Å². The second-order valence-corrected chi connectivity index (χ2v) is 5.66. The van der Waals surface area contributed by atoms with Crippen LogP contribution in [0.15, 0.2) is 30.3 Å². The van der Waals surface area contributed by atoms with Gasteiger partial charge < -0.3 is 15.0 Å². The molecule has 0 unspecified atom stereocenters. The number of nitrogens with one attached hydrogen (secondary N) is 1. The molecule has 1 heterocycles. The van der Waals surface area contributed by atoms with Gasteiger partial charge in [0, 0.05) is 53.0 Å². The van der Waals surface area contributed by atoms with Crippen LogP contribution in [-0.4, -0.2) is 68.1 Å². The van der Waals surface area contributed by atoms with E-state index < -0.39 is 11.8 Å². The van der Waals surface area contributed by atoms with Gasteiger partial charge in [0.15, 0.2) is 0 Å². The van der Waals surface area contributed by atoms with E-state index in [-0.39, 0.29) is 0 Å². The van der Waals surface area contributed by atoms with E-state index in [1.807, 2.05) is 18.2 Å². The zero-order chi connectivity index (χ0) is 16.5. The molecule has 23 heavy (non-hydrogen) atoms. The molecule has 0 radical (unpaired) electrons. The quantitative estimate of drug-likeness (QED) is 0.612. The fourth-order valence-electron chi connectivity index (χ4n) is 2.59. The monoisotopic (exact) mass is 319 g/mol. The molecule has 0 aliphatic carbocycles. The van der Waals surface area contributed by atoms with Gasteiger partial charge in [0.25, 0.3) is 0 Å². The third kappa shape index (κ3) is 5.65. The molecule has 1 aliphatic heterocycles. The number of nitrogens with zero attached hydrogens (tertiary/aromatic N) is 2. The van der Waals surface area contributed by atoms with Gasteiger partial charge in [-0.3, -0.25) is 14.5 Å². The molecule has 1 saturated heterocycles. The van der Waals surface area contributed by atoms with Crippen LogP contribution in [-0.2, 0) is 20.9 Å². The Morgan fingerprint density at radius 3 is 2.48 bits per heavy atom. The molecule has 1 fully saturated rings. The molecule has 1 aromatic rings. The highest BCUT2D eigenvalue weighted by molar-refractivity contribution is 6.35. The third-order valence-corrected chi connectivity index (χ3v) is 3.91. The molecule has 6 heteroatoms. The van der Waals surface area contributed by atoms with Crippen LogP contribution < -0.4 is 5.32 Å². The van der Waals surface area contributed by atoms with Crippen LogP contribution in [0.3, 0.4) is 0 Å². The van der Waals surface area contributed by atoms with Gasteiger partial charge in [-0.15, -0.1) is 0 Å². The highest BCUT2D eigenvalue weighted by Gasteiger charge is 2.25. The van der Waals surface area contributed by atoms with E-state index in [1.165, 1.54) is 5.56 Å². The Hall–Kier alpha value is -1.92. The van der Waals surface area contributed by atoms with Crippen molar-refractivity contribution in [3.8, 4) is 0 Å². The second kappa shape index (κ2) is 9.27. The van der Waals surface area contributed by atoms with Gasteiger partial charge >= 0.3 is 11.8 Å². The maximum Gasteiger partial charge on any atom is 0.311 e. The van der Waals surface area contributed by atoms with Crippen LogP contribution >= 0.6 is 0 Å². The summed E-state index contributed by atoms with van der Waals surface area (Å²) in [5.74, 6) is -0.945. The van der Waals surface area contributed by atoms with Crippen molar-refractivity contribution in [2.75, 3.05) is 46.4 Å². The topological polar surface area (TPSA) is 61.9 Å². The Bertz CT molecular complexity index is 499. The largest absolute Gasteiger partial charge is 0.385 e. The third-order valence-electron chi connectivity index (χ3n) is 3.91. The van der Waals surface area contributed by atoms with Gasteiger partial charge in [0.1, 0.15) is 0 Å². The lowest BCUT2D eigenvalue weighted by Gasteiger charge is -2.34. The average molecular weight is 319 g/mol. The van der Waals surface area contributed by atoms with Gasteiger partial charge in [-0.05, 0) is 12.0 Å². The number of hydrogen-bond acceptors (Lipinski definition) is 4. The summed E-state index contributed by atoms with van der Waals surface area (Å²) >= 11 is 0. The van der Waals surface area contributed by atoms with Crippen LogP contribution in [0.1, 0.15) is 12.0 Å². The molecule has 0 atom stereocenters. The average Bonchev–Trinajstić information content (AvgIpc) is 2.59. The van der Waals surface area contributed by atoms with Crippen LogP contribution in [0.4, 0.5) is 0 Å². The van der Waals surface area contributed by atoms with Gasteiger partial charge in [0.05, 0.1) is 0 Å². The Kier molecular flexibility index (Phi) is 7.03. The van der Waals surface area contributed by atoms with Crippen molar-refractivity contribution in [1.82, 2.24) is 15.1 Å². The standard InChI is InChI=1S/C17H25N3O3/c1-23-13-5-8-18-16(21)17(22)20-11-9-19(10-12-20)14-15-6-3-2-4-7-15/h2-4,6-7H,5,8-14H2,1H3,(H,18,21). The number of carbonyl (C=O) groups excluding carboxylic acids is 2. The minimum atomic E-state index is -0.516. The molecule has 1 aromatic carbocycles. The molecule has 0 bridgehead atoms. The first-order valence-corrected chi connectivity index (χ1v) is 8.03. The molecular formula is C17H25N3O3. The number of rotatable bonds is 6. The Morgan fingerprint density at radius 1 is 1.13 bits per heavy atom. The first-order chi connectivity index (χ1) is 11.2. The SMILES string of the molecule is COCCCNC(=O)C(=O)N1CCN(Cc2ccccc2)CC1. The van der Waals surface area contributed by atoms with E-state index in [2.05, 4.69) is 22.3 Å². The number of benzene rings is 1. The molecule has 2 rings (SSSR count). The fourth-order valence-corrected chi connectivity index (χ4v) is 2.59. The lowest BCUT2D eigenvalue weighted by atomic mass is 10.2. The number of methoxy groups -OCH3 is 1. The summed E-state index contributed by atoms with van der Waals surface area (Å²) in [6.07, 6.45) is 0.709. The molecule has 1 N–H and O–H groups in total. The summed E-state index contributed by atoms with van der Waals surface area (Å²) in [6.45, 7) is 4.69. The molecule has 0 spiro atoms. The van der Waals surface area contributed by atoms with E-state index in [0.29, 0.717) is 32.7 Å². The van der Waals surface area contributed by atoms with Crippen molar-refractivity contribution >= 4 is 11.8 Å². The predicted octanol–water partition coefficient (Wildman–Crippen LogP) is 0.484. The summed E-state index contributed by atoms with van der Waals surface area (Å²) in [5.41, 5.74) is 1.27. The first-order valence-electron chi connectivity index (χ1n) is 8.03.